The van der Waals surface area contributed by atoms with Gasteiger partial charge in [-0.25, -0.2) is 4.98 Å². The van der Waals surface area contributed by atoms with Crippen LogP contribution in [-0.4, -0.2) is 33.3 Å². The Bertz CT molecular complexity index is 1190. The Labute approximate surface area is 161 Å². The molecule has 0 aliphatic carbocycles. The predicted octanol–water partition coefficient (Wildman–Crippen LogP) is 3.60. The molecule has 4 aromatic rings. The Kier molecular flexibility index (Phi) is 4.53. The highest BCUT2D eigenvalue weighted by atomic mass is 16.3. The minimum atomic E-state index is -0.326. The van der Waals surface area contributed by atoms with E-state index in [4.69, 9.17) is 0 Å². The van der Waals surface area contributed by atoms with Crippen molar-refractivity contribution >= 4 is 33.5 Å². The molecule has 0 radical (unpaired) electrons. The summed E-state index contributed by atoms with van der Waals surface area (Å²) in [6, 6.07) is 16.3. The van der Waals surface area contributed by atoms with Crippen LogP contribution in [0.2, 0.25) is 0 Å². The van der Waals surface area contributed by atoms with Crippen molar-refractivity contribution in [2.45, 2.75) is 13.3 Å². The zero-order valence-electron chi connectivity index (χ0n) is 15.3. The zero-order chi connectivity index (χ0) is 19.7. The number of Topliss-reactive ketones (excluding diaryl/α,β-unsaturated/α-hetero) is 1. The highest BCUT2D eigenvalue weighted by Gasteiger charge is 2.17. The van der Waals surface area contributed by atoms with E-state index in [1.807, 2.05) is 36.4 Å². The Balaban J connectivity index is 1.62. The van der Waals surface area contributed by atoms with E-state index in [0.717, 1.165) is 21.9 Å². The Morgan fingerprint density at radius 3 is 2.57 bits per heavy atom. The molecule has 0 spiro atoms. The van der Waals surface area contributed by atoms with E-state index >= 15 is 0 Å². The van der Waals surface area contributed by atoms with E-state index in [2.05, 4.69) is 15.3 Å². The lowest BCUT2D eigenvalue weighted by Crippen LogP contribution is -2.27. The number of hydrogen-bond acceptors (Lipinski definition) is 4. The van der Waals surface area contributed by atoms with Gasteiger partial charge in [0.2, 0.25) is 0 Å². The number of H-pyrrole nitrogens is 1. The molecule has 0 saturated carbocycles. The smallest absolute Gasteiger partial charge is 0.269 e. The van der Waals surface area contributed by atoms with Crippen LogP contribution >= 0.6 is 0 Å². The molecule has 6 heteroatoms. The number of ketones is 1. The lowest BCUT2D eigenvalue weighted by atomic mass is 10.1. The molecule has 0 fully saturated rings. The number of pyridine rings is 1. The topological polar surface area (TPSA) is 95.1 Å². The van der Waals surface area contributed by atoms with Gasteiger partial charge in [0, 0.05) is 29.8 Å². The van der Waals surface area contributed by atoms with Crippen molar-refractivity contribution in [3.05, 3.63) is 71.5 Å². The maximum Gasteiger partial charge on any atom is 0.269 e. The number of phenolic OH excluding ortho intramolecular Hbond substituents is 1. The number of aromatic nitrogens is 2. The molecule has 28 heavy (non-hydrogen) atoms. The minimum Gasteiger partial charge on any atom is -0.508 e. The third-order valence-electron chi connectivity index (χ3n) is 4.70. The van der Waals surface area contributed by atoms with Gasteiger partial charge in [-0.05, 0) is 36.2 Å². The van der Waals surface area contributed by atoms with E-state index in [0.29, 0.717) is 18.5 Å². The maximum atomic E-state index is 12.6. The van der Waals surface area contributed by atoms with Gasteiger partial charge in [-0.15, -0.1) is 0 Å². The molecule has 2 aromatic heterocycles. The number of carbonyl (C=O) groups excluding carboxylic acids is 2. The van der Waals surface area contributed by atoms with Crippen molar-refractivity contribution in [3.63, 3.8) is 0 Å². The first-order valence-corrected chi connectivity index (χ1v) is 9.01. The van der Waals surface area contributed by atoms with Crippen LogP contribution in [0.3, 0.4) is 0 Å². The molecule has 3 N–H and O–H groups in total. The van der Waals surface area contributed by atoms with Crippen LogP contribution in [0.15, 0.2) is 54.6 Å². The quantitative estimate of drug-likeness (QED) is 0.466. The molecular weight excluding hydrogens is 354 g/mol. The predicted molar refractivity (Wildman–Crippen MR) is 108 cm³/mol. The molecule has 0 aliphatic heterocycles. The highest BCUT2D eigenvalue weighted by molar-refractivity contribution is 6.15. The van der Waals surface area contributed by atoms with Gasteiger partial charge in [-0.3, -0.25) is 9.59 Å². The maximum absolute atomic E-state index is 12.6. The number of fused-ring (bicyclic) bond motifs is 3. The molecule has 2 heterocycles. The number of para-hydroxylation sites is 1. The number of nitrogens with one attached hydrogen (secondary N) is 2. The number of hydrogen-bond donors (Lipinski definition) is 3. The van der Waals surface area contributed by atoms with Crippen LogP contribution in [0.4, 0.5) is 0 Å². The molecule has 4 rings (SSSR count). The minimum absolute atomic E-state index is 0.199. The summed E-state index contributed by atoms with van der Waals surface area (Å²) in [4.78, 5) is 32.3. The fourth-order valence-electron chi connectivity index (χ4n) is 3.29. The van der Waals surface area contributed by atoms with Gasteiger partial charge in [-0.1, -0.05) is 30.3 Å². The van der Waals surface area contributed by atoms with Crippen LogP contribution < -0.4 is 5.32 Å². The van der Waals surface area contributed by atoms with Crippen molar-refractivity contribution in [1.29, 1.82) is 0 Å². The molecule has 0 saturated heterocycles. The normalized spacial score (nSPS) is 11.0. The molecular formula is C22H19N3O3. The summed E-state index contributed by atoms with van der Waals surface area (Å²) in [7, 11) is 0. The number of aromatic hydroxyl groups is 1. The van der Waals surface area contributed by atoms with E-state index < -0.39 is 0 Å². The van der Waals surface area contributed by atoms with Crippen LogP contribution in [0, 0.1) is 0 Å². The van der Waals surface area contributed by atoms with Crippen LogP contribution in [0.1, 0.15) is 33.5 Å². The summed E-state index contributed by atoms with van der Waals surface area (Å²) in [6.07, 6.45) is 0.626. The van der Waals surface area contributed by atoms with Crippen LogP contribution in [-0.2, 0) is 6.42 Å². The van der Waals surface area contributed by atoms with Gasteiger partial charge in [0.15, 0.2) is 5.78 Å². The molecule has 0 unspecified atom stereocenters. The van der Waals surface area contributed by atoms with Crippen molar-refractivity contribution in [2.75, 3.05) is 6.54 Å². The second kappa shape index (κ2) is 7.15. The van der Waals surface area contributed by atoms with Crippen LogP contribution in [0.25, 0.3) is 21.8 Å². The van der Waals surface area contributed by atoms with E-state index in [1.54, 1.807) is 18.2 Å². The third-order valence-corrected chi connectivity index (χ3v) is 4.70. The molecule has 6 nitrogen and oxygen atoms in total. The van der Waals surface area contributed by atoms with Crippen molar-refractivity contribution in [1.82, 2.24) is 15.3 Å². The standard InChI is InChI=1S/C22H19N3O3/c1-13(26)20-21-17(16-4-2-3-5-18(16)24-21)12-19(25-20)22(28)23-11-10-14-6-8-15(27)9-7-14/h2-9,12,24,27H,10-11H2,1H3,(H,23,28). The first-order valence-electron chi connectivity index (χ1n) is 9.01. The molecule has 0 aliphatic rings. The van der Waals surface area contributed by atoms with Crippen molar-refractivity contribution < 1.29 is 14.7 Å². The Hall–Kier alpha value is -3.67. The van der Waals surface area contributed by atoms with Gasteiger partial charge in [0.1, 0.15) is 17.1 Å². The number of benzene rings is 2. The second-order valence-electron chi connectivity index (χ2n) is 6.68. The summed E-state index contributed by atoms with van der Waals surface area (Å²) in [6.45, 7) is 1.87. The number of nitrogens with zero attached hydrogens (tertiary/aromatic N) is 1. The largest absolute Gasteiger partial charge is 0.508 e. The van der Waals surface area contributed by atoms with Gasteiger partial charge in [0.25, 0.3) is 5.91 Å². The Morgan fingerprint density at radius 1 is 1.07 bits per heavy atom. The number of phenols is 1. The second-order valence-corrected chi connectivity index (χ2v) is 6.68. The highest BCUT2D eigenvalue weighted by Crippen LogP contribution is 2.27. The van der Waals surface area contributed by atoms with Gasteiger partial charge in [-0.2, -0.15) is 0 Å². The number of rotatable bonds is 5. The fourth-order valence-corrected chi connectivity index (χ4v) is 3.29. The number of amides is 1. The lowest BCUT2D eigenvalue weighted by molar-refractivity contribution is 0.0949. The zero-order valence-corrected chi connectivity index (χ0v) is 15.3. The average Bonchev–Trinajstić information content (AvgIpc) is 3.07. The number of aromatic amines is 1. The molecule has 1 amide bonds. The first kappa shape index (κ1) is 17.7. The lowest BCUT2D eigenvalue weighted by Gasteiger charge is -2.07. The van der Waals surface area contributed by atoms with E-state index in [9.17, 15) is 14.7 Å². The molecule has 140 valence electrons. The Morgan fingerprint density at radius 2 is 1.82 bits per heavy atom. The van der Waals surface area contributed by atoms with Gasteiger partial charge in [0.05, 0.1) is 5.52 Å². The third kappa shape index (κ3) is 3.32. The van der Waals surface area contributed by atoms with E-state index in [-0.39, 0.29) is 28.8 Å². The number of carbonyl (C=O) groups is 2. The van der Waals surface area contributed by atoms with Crippen LogP contribution in [0.5, 0.6) is 5.75 Å². The van der Waals surface area contributed by atoms with Crippen molar-refractivity contribution in [3.8, 4) is 5.75 Å². The molecule has 2 aromatic carbocycles. The summed E-state index contributed by atoms with van der Waals surface area (Å²) >= 11 is 0. The van der Waals surface area contributed by atoms with E-state index in [1.165, 1.54) is 6.92 Å². The summed E-state index contributed by atoms with van der Waals surface area (Å²) < 4.78 is 0. The summed E-state index contributed by atoms with van der Waals surface area (Å²) in [5.74, 6) is -0.315. The molecule has 0 atom stereocenters. The monoisotopic (exact) mass is 373 g/mol. The van der Waals surface area contributed by atoms with Crippen molar-refractivity contribution in [2.24, 2.45) is 0 Å². The summed E-state index contributed by atoms with van der Waals surface area (Å²) in [5, 5.41) is 13.9. The SMILES string of the molecule is CC(=O)c1nc(C(=O)NCCc2ccc(O)cc2)cc2c1[nH]c1ccccc12. The van der Waals surface area contributed by atoms with Gasteiger partial charge < -0.3 is 15.4 Å². The fraction of sp³-hybridized carbons (Fsp3) is 0.136. The summed E-state index contributed by atoms with van der Waals surface area (Å²) in [5.41, 5.74) is 3.02. The average molecular weight is 373 g/mol. The molecule has 0 bridgehead atoms. The first-order chi connectivity index (χ1) is 13.5. The van der Waals surface area contributed by atoms with Gasteiger partial charge >= 0.3 is 0 Å².